The number of fused-ring (bicyclic) bond motifs is 1. The molecular weight excluding hydrogens is 380 g/mol. The third-order valence-electron chi connectivity index (χ3n) is 4.69. The Bertz CT molecular complexity index is 1280. The minimum atomic E-state index is -0.395. The van der Waals surface area contributed by atoms with Crippen LogP contribution in [0.5, 0.6) is 0 Å². The molecule has 30 heavy (non-hydrogen) atoms. The highest BCUT2D eigenvalue weighted by Gasteiger charge is 2.19. The molecule has 8 nitrogen and oxygen atoms in total. The molecule has 0 bridgehead atoms. The van der Waals surface area contributed by atoms with Crippen molar-refractivity contribution < 1.29 is 9.59 Å². The smallest absolute Gasteiger partial charge is 0.323 e. The van der Waals surface area contributed by atoms with E-state index in [1.807, 2.05) is 25.1 Å². The second-order valence-corrected chi connectivity index (χ2v) is 6.97. The highest BCUT2D eigenvalue weighted by Crippen LogP contribution is 2.26. The van der Waals surface area contributed by atoms with Crippen LogP contribution < -0.4 is 16.4 Å². The lowest BCUT2D eigenvalue weighted by molar-refractivity contribution is 0.104. The Labute approximate surface area is 172 Å². The average molecular weight is 400 g/mol. The number of carbonyl (C=O) groups excluding carboxylic acids is 2. The number of ketones is 1. The molecule has 0 radical (unpaired) electrons. The number of hydrogen-bond donors (Lipinski definition) is 3. The third-order valence-corrected chi connectivity index (χ3v) is 4.69. The standard InChI is InChI=1S/C22H20N6O2/c1-13-5-3-7-15(9-13)26-22(30)27-16-8-4-6-14(10-16)19(29)17-11-28(2)21-18(17)20(23)24-12-25-21/h3-12H,1-2H3,(H2,23,24,25)(H2,26,27,30). The third kappa shape index (κ3) is 3.70. The summed E-state index contributed by atoms with van der Waals surface area (Å²) in [5.41, 5.74) is 9.61. The van der Waals surface area contributed by atoms with Crippen LogP contribution in [0.2, 0.25) is 0 Å². The second kappa shape index (κ2) is 7.67. The molecular formula is C22H20N6O2. The molecule has 4 rings (SSSR count). The molecule has 2 aromatic heterocycles. The molecule has 4 aromatic rings. The van der Waals surface area contributed by atoms with Gasteiger partial charge in [-0.3, -0.25) is 4.79 Å². The highest BCUT2D eigenvalue weighted by atomic mass is 16.2. The predicted octanol–water partition coefficient (Wildman–Crippen LogP) is 3.73. The minimum absolute atomic E-state index is 0.232. The molecule has 0 aliphatic carbocycles. The first-order valence-electron chi connectivity index (χ1n) is 9.27. The Balaban J connectivity index is 1.58. The van der Waals surface area contributed by atoms with E-state index in [0.717, 1.165) is 5.56 Å². The van der Waals surface area contributed by atoms with E-state index >= 15 is 0 Å². The molecule has 0 saturated carbocycles. The average Bonchev–Trinajstić information content (AvgIpc) is 3.05. The van der Waals surface area contributed by atoms with Gasteiger partial charge in [-0.1, -0.05) is 24.3 Å². The SMILES string of the molecule is Cc1cccc(NC(=O)Nc2cccc(C(=O)c3cn(C)c4ncnc(N)c34)c2)c1. The van der Waals surface area contributed by atoms with Crippen molar-refractivity contribution in [2.24, 2.45) is 7.05 Å². The van der Waals surface area contributed by atoms with Crippen molar-refractivity contribution in [3.63, 3.8) is 0 Å². The number of aromatic nitrogens is 3. The van der Waals surface area contributed by atoms with E-state index in [1.54, 1.807) is 48.1 Å². The highest BCUT2D eigenvalue weighted by molar-refractivity contribution is 6.18. The van der Waals surface area contributed by atoms with Gasteiger partial charge in [0.1, 0.15) is 17.8 Å². The van der Waals surface area contributed by atoms with E-state index in [1.165, 1.54) is 6.33 Å². The maximum absolute atomic E-state index is 13.1. The number of carbonyl (C=O) groups is 2. The topological polar surface area (TPSA) is 115 Å². The molecule has 2 amide bonds. The number of amides is 2. The van der Waals surface area contributed by atoms with E-state index in [2.05, 4.69) is 20.6 Å². The summed E-state index contributed by atoms with van der Waals surface area (Å²) in [5.74, 6) is 0.0144. The number of benzene rings is 2. The molecule has 0 fully saturated rings. The number of aryl methyl sites for hydroxylation is 2. The van der Waals surface area contributed by atoms with E-state index in [0.29, 0.717) is 33.5 Å². The molecule has 0 atom stereocenters. The first-order chi connectivity index (χ1) is 14.4. The van der Waals surface area contributed by atoms with Crippen LogP contribution in [-0.2, 0) is 7.05 Å². The van der Waals surface area contributed by atoms with Gasteiger partial charge >= 0.3 is 6.03 Å². The fourth-order valence-electron chi connectivity index (χ4n) is 3.32. The summed E-state index contributed by atoms with van der Waals surface area (Å²) < 4.78 is 1.73. The van der Waals surface area contributed by atoms with Gasteiger partial charge in [0.2, 0.25) is 0 Å². The molecule has 0 spiro atoms. The lowest BCUT2D eigenvalue weighted by atomic mass is 10.0. The van der Waals surface area contributed by atoms with Gasteiger partial charge in [0.05, 0.1) is 10.9 Å². The largest absolute Gasteiger partial charge is 0.383 e. The predicted molar refractivity (Wildman–Crippen MR) is 117 cm³/mol. The number of nitrogens with one attached hydrogen (secondary N) is 2. The molecule has 8 heteroatoms. The van der Waals surface area contributed by atoms with Crippen LogP contribution in [0.25, 0.3) is 11.0 Å². The van der Waals surface area contributed by atoms with Crippen molar-refractivity contribution in [2.45, 2.75) is 6.92 Å². The van der Waals surface area contributed by atoms with Crippen molar-refractivity contribution in [1.29, 1.82) is 0 Å². The quantitative estimate of drug-likeness (QED) is 0.452. The number of rotatable bonds is 4. The fraction of sp³-hybridized carbons (Fsp3) is 0.0909. The molecule has 0 unspecified atom stereocenters. The molecule has 2 heterocycles. The summed E-state index contributed by atoms with van der Waals surface area (Å²) in [7, 11) is 1.79. The van der Waals surface area contributed by atoms with Crippen molar-refractivity contribution >= 4 is 40.0 Å². The molecule has 150 valence electrons. The Morgan fingerprint density at radius 3 is 2.43 bits per heavy atom. The summed E-state index contributed by atoms with van der Waals surface area (Å²) in [5, 5.41) is 6.04. The van der Waals surface area contributed by atoms with Gasteiger partial charge < -0.3 is 20.9 Å². The summed E-state index contributed by atoms with van der Waals surface area (Å²) in [6.07, 6.45) is 3.05. The first kappa shape index (κ1) is 19.1. The number of nitrogens with zero attached hydrogens (tertiary/aromatic N) is 3. The van der Waals surface area contributed by atoms with Gasteiger partial charge in [-0.25, -0.2) is 14.8 Å². The monoisotopic (exact) mass is 400 g/mol. The number of anilines is 3. The summed E-state index contributed by atoms with van der Waals surface area (Å²) in [4.78, 5) is 33.7. The molecule has 2 aromatic carbocycles. The lowest BCUT2D eigenvalue weighted by Gasteiger charge is -2.09. The van der Waals surface area contributed by atoms with Gasteiger partial charge in [-0.05, 0) is 36.8 Å². The Kier molecular flexibility index (Phi) is 4.89. The molecule has 0 aliphatic rings. The van der Waals surface area contributed by atoms with Crippen molar-refractivity contribution in [1.82, 2.24) is 14.5 Å². The van der Waals surface area contributed by atoms with E-state index in [9.17, 15) is 9.59 Å². The van der Waals surface area contributed by atoms with Crippen LogP contribution in [0, 0.1) is 6.92 Å². The van der Waals surface area contributed by atoms with Crippen LogP contribution in [0.3, 0.4) is 0 Å². The number of hydrogen-bond acceptors (Lipinski definition) is 5. The number of nitrogen functional groups attached to an aromatic ring is 1. The second-order valence-electron chi connectivity index (χ2n) is 6.97. The fourth-order valence-corrected chi connectivity index (χ4v) is 3.32. The maximum Gasteiger partial charge on any atom is 0.323 e. The van der Waals surface area contributed by atoms with Gasteiger partial charge in [0.15, 0.2) is 5.78 Å². The number of nitrogens with two attached hydrogens (primary N) is 1. The van der Waals surface area contributed by atoms with Crippen LogP contribution in [0.1, 0.15) is 21.5 Å². The molecule has 4 N–H and O–H groups in total. The first-order valence-corrected chi connectivity index (χ1v) is 9.27. The van der Waals surface area contributed by atoms with Crippen LogP contribution in [0.15, 0.2) is 61.1 Å². The van der Waals surface area contributed by atoms with Crippen LogP contribution >= 0.6 is 0 Å². The zero-order chi connectivity index (χ0) is 21.3. The lowest BCUT2D eigenvalue weighted by Crippen LogP contribution is -2.19. The minimum Gasteiger partial charge on any atom is -0.383 e. The van der Waals surface area contributed by atoms with Gasteiger partial charge in [0.25, 0.3) is 0 Å². The van der Waals surface area contributed by atoms with Gasteiger partial charge in [0, 0.05) is 30.2 Å². The maximum atomic E-state index is 13.1. The zero-order valence-electron chi connectivity index (χ0n) is 16.5. The summed E-state index contributed by atoms with van der Waals surface area (Å²) >= 11 is 0. The van der Waals surface area contributed by atoms with Crippen molar-refractivity contribution in [2.75, 3.05) is 16.4 Å². The summed E-state index contributed by atoms with van der Waals surface area (Å²) in [6.45, 7) is 1.95. The molecule has 0 saturated heterocycles. The Morgan fingerprint density at radius 2 is 1.70 bits per heavy atom. The van der Waals surface area contributed by atoms with E-state index < -0.39 is 6.03 Å². The van der Waals surface area contributed by atoms with E-state index in [4.69, 9.17) is 5.73 Å². The zero-order valence-corrected chi connectivity index (χ0v) is 16.5. The summed E-state index contributed by atoms with van der Waals surface area (Å²) in [6, 6.07) is 13.8. The van der Waals surface area contributed by atoms with Gasteiger partial charge in [-0.2, -0.15) is 0 Å². The van der Waals surface area contributed by atoms with Gasteiger partial charge in [-0.15, -0.1) is 0 Å². The number of urea groups is 1. The van der Waals surface area contributed by atoms with E-state index in [-0.39, 0.29) is 11.6 Å². The Morgan fingerprint density at radius 1 is 1.00 bits per heavy atom. The molecule has 0 aliphatic heterocycles. The van der Waals surface area contributed by atoms with Crippen LogP contribution in [-0.4, -0.2) is 26.3 Å². The van der Waals surface area contributed by atoms with Crippen molar-refractivity contribution in [3.8, 4) is 0 Å². The normalized spacial score (nSPS) is 10.7. The van der Waals surface area contributed by atoms with Crippen LogP contribution in [0.4, 0.5) is 22.0 Å². The van der Waals surface area contributed by atoms with Crippen molar-refractivity contribution in [3.05, 3.63) is 77.7 Å². The Hall–Kier alpha value is -4.20.